The molecule has 2 fully saturated rings. The Morgan fingerprint density at radius 3 is 2.66 bits per heavy atom. The van der Waals surface area contributed by atoms with Gasteiger partial charge in [-0.05, 0) is 88.3 Å². The van der Waals surface area contributed by atoms with Crippen LogP contribution < -0.4 is 26.5 Å². The number of carbonyl (C=O) groups is 1. The maximum absolute atomic E-state index is 14.5. The molecule has 6 aliphatic heterocycles. The quantitative estimate of drug-likeness (QED) is 0.125. The van der Waals surface area contributed by atoms with Crippen molar-refractivity contribution in [2.24, 2.45) is 16.8 Å². The van der Waals surface area contributed by atoms with Crippen LogP contribution in [0.2, 0.25) is 0 Å². The van der Waals surface area contributed by atoms with Crippen LogP contribution in [-0.2, 0) is 27.2 Å². The molecule has 2 bridgehead atoms. The standard InChI is InChI=1S/C43H42N6O7/c1-21-12-30(50)37-31(53-21)17-32-38(39(37)51)36-23-5-7-26(8-6-23)43(41(52)54-40(36)42(2,3)55-32)33(56-43)9-4-22-13-28(48-34(44)14-22)25-15-27(47-35(45)16-25)19-49-18-24-10-11-46-29(24)20-49/h5,7,10-17,20,23,26,33,36,40,51H,4,6,8-9,18-19H2,1-3H3,(H2,44,48)(H2,45,47)/p+1/t23-,26+,33+,36+,40+,43+/m0/s1. The molecule has 13 nitrogen and oxygen atoms in total. The number of nitrogens with two attached hydrogens (primary N) is 2. The summed E-state index contributed by atoms with van der Waals surface area (Å²) in [5.74, 6) is 0.261. The van der Waals surface area contributed by atoms with Crippen molar-refractivity contribution in [3.05, 3.63) is 105 Å². The van der Waals surface area contributed by atoms with Crippen molar-refractivity contribution >= 4 is 34.8 Å². The lowest BCUT2D eigenvalue weighted by atomic mass is 9.69. The molecule has 286 valence electrons. The van der Waals surface area contributed by atoms with E-state index < -0.39 is 29.2 Å². The minimum atomic E-state index is -1.15. The second-order valence-corrected chi connectivity index (χ2v) is 16.5. The molecule has 13 heteroatoms. The number of quaternary nitrogens is 1. The number of nitrogens with zero attached hydrogens (tertiary/aromatic N) is 3. The number of allylic oxidation sites excluding steroid dienone is 2. The topological polar surface area (TPSA) is 193 Å². The summed E-state index contributed by atoms with van der Waals surface area (Å²) in [7, 11) is 0. The molecule has 7 aliphatic rings. The minimum Gasteiger partial charge on any atom is -0.507 e. The number of hydrogen-bond donors (Lipinski definition) is 4. The highest BCUT2D eigenvalue weighted by Gasteiger charge is 2.69. The van der Waals surface area contributed by atoms with Gasteiger partial charge in [-0.2, -0.15) is 0 Å². The van der Waals surface area contributed by atoms with Crippen LogP contribution in [0.25, 0.3) is 22.2 Å². The lowest BCUT2D eigenvalue weighted by molar-refractivity contribution is -0.852. The number of epoxide rings is 1. The van der Waals surface area contributed by atoms with Gasteiger partial charge in [-0.25, -0.2) is 14.8 Å². The van der Waals surface area contributed by atoms with E-state index in [2.05, 4.69) is 33.3 Å². The van der Waals surface area contributed by atoms with E-state index in [9.17, 15) is 14.7 Å². The molecule has 4 aromatic rings. The second kappa shape index (κ2) is 12.4. The highest BCUT2D eigenvalue weighted by atomic mass is 16.7. The molecule has 0 radical (unpaired) electrons. The van der Waals surface area contributed by atoms with Gasteiger partial charge in [0.1, 0.15) is 76.6 Å². The van der Waals surface area contributed by atoms with Crippen LogP contribution in [0.3, 0.4) is 0 Å². The first-order valence-corrected chi connectivity index (χ1v) is 19.3. The van der Waals surface area contributed by atoms with Crippen LogP contribution >= 0.6 is 0 Å². The first-order chi connectivity index (χ1) is 26.9. The molecule has 6 N–H and O–H groups in total. The van der Waals surface area contributed by atoms with E-state index in [4.69, 9.17) is 30.1 Å². The van der Waals surface area contributed by atoms with Crippen LogP contribution in [0.4, 0.5) is 11.6 Å². The number of phenolic OH excluding ortho intramolecular Hbond substituents is 1. The van der Waals surface area contributed by atoms with E-state index in [1.807, 2.05) is 50.4 Å². The number of aliphatic imine (C=N–C) groups is 1. The largest absolute Gasteiger partial charge is 0.507 e. The van der Waals surface area contributed by atoms with Gasteiger partial charge in [-0.3, -0.25) is 14.7 Å². The lowest BCUT2D eigenvalue weighted by Crippen LogP contribution is -3.04. The van der Waals surface area contributed by atoms with Crippen molar-refractivity contribution in [1.82, 2.24) is 9.97 Å². The van der Waals surface area contributed by atoms with Crippen molar-refractivity contribution in [3.8, 4) is 22.8 Å². The first kappa shape index (κ1) is 34.7. The Bertz CT molecular complexity index is 2560. The van der Waals surface area contributed by atoms with Gasteiger partial charge < -0.3 is 35.2 Å². The zero-order chi connectivity index (χ0) is 38.7. The maximum atomic E-state index is 14.5. The van der Waals surface area contributed by atoms with Crippen molar-refractivity contribution in [2.75, 3.05) is 18.0 Å². The molecule has 3 aromatic heterocycles. The normalized spacial score (nSPS) is 29.1. The Morgan fingerprint density at radius 2 is 1.86 bits per heavy atom. The predicted molar refractivity (Wildman–Crippen MR) is 208 cm³/mol. The highest BCUT2D eigenvalue weighted by molar-refractivity contribution is 5.88. The number of esters is 1. The molecule has 0 saturated carbocycles. The molecular weight excluding hydrogens is 713 g/mol. The molecule has 1 aliphatic carbocycles. The Balaban J connectivity index is 0.903. The number of ether oxygens (including phenoxy) is 3. The average molecular weight is 756 g/mol. The molecular formula is C43H43N6O7+. The van der Waals surface area contributed by atoms with Crippen LogP contribution in [-0.4, -0.2) is 57.2 Å². The smallest absolute Gasteiger partial charge is 0.342 e. The number of aromatic nitrogens is 2. The van der Waals surface area contributed by atoms with Crippen molar-refractivity contribution in [2.45, 2.75) is 82.3 Å². The third-order valence-electron chi connectivity index (χ3n) is 12.3. The van der Waals surface area contributed by atoms with E-state index in [1.54, 1.807) is 13.0 Å². The van der Waals surface area contributed by atoms with E-state index in [1.165, 1.54) is 16.5 Å². The zero-order valence-electron chi connectivity index (χ0n) is 31.4. The molecule has 56 heavy (non-hydrogen) atoms. The van der Waals surface area contributed by atoms with E-state index in [-0.39, 0.29) is 40.1 Å². The van der Waals surface area contributed by atoms with Gasteiger partial charge in [-0.1, -0.05) is 12.2 Å². The predicted octanol–water partition coefficient (Wildman–Crippen LogP) is 4.21. The number of anilines is 2. The van der Waals surface area contributed by atoms with Crippen molar-refractivity contribution in [1.29, 1.82) is 0 Å². The van der Waals surface area contributed by atoms with Gasteiger partial charge >= 0.3 is 5.97 Å². The van der Waals surface area contributed by atoms with Gasteiger partial charge in [0.2, 0.25) is 0 Å². The number of benzene rings is 1. The Hall–Kier alpha value is -5.79. The lowest BCUT2D eigenvalue weighted by Gasteiger charge is -2.46. The van der Waals surface area contributed by atoms with E-state index in [0.29, 0.717) is 60.2 Å². The molecule has 7 atom stereocenters. The maximum Gasteiger partial charge on any atom is 0.342 e. The van der Waals surface area contributed by atoms with E-state index >= 15 is 0 Å². The van der Waals surface area contributed by atoms with Crippen LogP contribution in [0.1, 0.15) is 61.6 Å². The van der Waals surface area contributed by atoms with Crippen LogP contribution in [0, 0.1) is 18.8 Å². The fourth-order valence-corrected chi connectivity index (χ4v) is 9.78. The number of aryl methyl sites for hydroxylation is 2. The SMILES string of the molecule is Cc1cc(=O)c2c(O)c3c(cc2o1)OC(C)(C)[C@@H]1OC(=O)[C@@]2(O[C@@H]2CCc2cc(N)nc(-c4cc(N)nc(C[NH+]5C=C6N=CC=C6C5)c4)c2)[C@@H]2C=C[C@@H](CC2)[C@H]31. The average Bonchev–Trinajstić information content (AvgIpc) is 3.48. The molecule has 9 heterocycles. The molecule has 2 saturated heterocycles. The number of hydrogen-bond acceptors (Lipinski definition) is 12. The van der Waals surface area contributed by atoms with Crippen LogP contribution in [0.15, 0.2) is 86.3 Å². The summed E-state index contributed by atoms with van der Waals surface area (Å²) < 4.78 is 25.2. The molecule has 1 unspecified atom stereocenters. The number of nitrogens with one attached hydrogen (secondary N) is 1. The van der Waals surface area contributed by atoms with E-state index in [0.717, 1.165) is 35.5 Å². The summed E-state index contributed by atoms with van der Waals surface area (Å²) in [5.41, 5.74) is 16.5. The number of aromatic hydroxyl groups is 1. The van der Waals surface area contributed by atoms with Gasteiger partial charge in [0.25, 0.3) is 0 Å². The molecule has 11 rings (SSSR count). The second-order valence-electron chi connectivity index (χ2n) is 16.5. The van der Waals surface area contributed by atoms with Gasteiger partial charge in [0.15, 0.2) is 11.0 Å². The number of nitrogen functional groups attached to an aromatic ring is 2. The fourth-order valence-electron chi connectivity index (χ4n) is 9.78. The molecule has 0 amide bonds. The fraction of sp³-hybridized carbons (Fsp3) is 0.372. The Kier molecular flexibility index (Phi) is 7.65. The summed E-state index contributed by atoms with van der Waals surface area (Å²) in [6.07, 6.45) is 11.6. The summed E-state index contributed by atoms with van der Waals surface area (Å²) in [4.78, 5) is 42.5. The third kappa shape index (κ3) is 5.54. The summed E-state index contributed by atoms with van der Waals surface area (Å²) >= 11 is 0. The van der Waals surface area contributed by atoms with Gasteiger partial charge in [-0.15, -0.1) is 0 Å². The monoisotopic (exact) mass is 755 g/mol. The molecule has 1 aromatic carbocycles. The first-order valence-electron chi connectivity index (χ1n) is 19.3. The zero-order valence-corrected chi connectivity index (χ0v) is 31.4. The summed E-state index contributed by atoms with van der Waals surface area (Å²) in [6.45, 7) is 6.96. The Morgan fingerprint density at radius 1 is 1.02 bits per heavy atom. The van der Waals surface area contributed by atoms with Gasteiger partial charge in [0.05, 0.1) is 17.5 Å². The highest BCUT2D eigenvalue weighted by Crippen LogP contribution is 2.58. The summed E-state index contributed by atoms with van der Waals surface area (Å²) in [5, 5.41) is 11.8. The van der Waals surface area contributed by atoms with Gasteiger partial charge in [0, 0.05) is 46.9 Å². The Labute approximate surface area is 322 Å². The third-order valence-corrected chi connectivity index (χ3v) is 12.3. The number of rotatable bonds is 6. The van der Waals surface area contributed by atoms with Crippen molar-refractivity contribution in [3.63, 3.8) is 0 Å². The molecule has 1 spiro atoms. The minimum absolute atomic E-state index is 0.0832. The van der Waals surface area contributed by atoms with Crippen LogP contribution in [0.5, 0.6) is 11.5 Å². The number of fused-ring (bicyclic) bond motifs is 5. The summed E-state index contributed by atoms with van der Waals surface area (Å²) in [6, 6.07) is 10.7. The number of carbonyl (C=O) groups excluding carboxylic acids is 1. The van der Waals surface area contributed by atoms with Crippen molar-refractivity contribution < 1.29 is 33.4 Å². The number of pyridine rings is 2. The number of phenols is 1.